The SMILES string of the molecule is C=Cc1cc(C=O)ccc1OCc1ccccc1. The van der Waals surface area contributed by atoms with Gasteiger partial charge in [0.25, 0.3) is 0 Å². The van der Waals surface area contributed by atoms with Crippen molar-refractivity contribution in [1.82, 2.24) is 0 Å². The van der Waals surface area contributed by atoms with E-state index in [1.54, 1.807) is 24.3 Å². The van der Waals surface area contributed by atoms with Gasteiger partial charge in [-0.05, 0) is 23.8 Å². The van der Waals surface area contributed by atoms with E-state index in [1.807, 2.05) is 30.3 Å². The van der Waals surface area contributed by atoms with Crippen LogP contribution < -0.4 is 4.74 Å². The molecule has 0 aliphatic carbocycles. The molecule has 2 rings (SSSR count). The number of ether oxygens (including phenoxy) is 1. The summed E-state index contributed by atoms with van der Waals surface area (Å²) in [4.78, 5) is 10.7. The molecule has 90 valence electrons. The number of hydrogen-bond acceptors (Lipinski definition) is 2. The van der Waals surface area contributed by atoms with Gasteiger partial charge in [-0.15, -0.1) is 0 Å². The Kier molecular flexibility index (Phi) is 3.92. The van der Waals surface area contributed by atoms with Crippen LogP contribution in [0, 0.1) is 0 Å². The summed E-state index contributed by atoms with van der Waals surface area (Å²) in [5.41, 5.74) is 2.56. The fourth-order valence-electron chi connectivity index (χ4n) is 1.67. The Morgan fingerprint density at radius 2 is 1.89 bits per heavy atom. The highest BCUT2D eigenvalue weighted by Gasteiger charge is 2.02. The topological polar surface area (TPSA) is 26.3 Å². The minimum absolute atomic E-state index is 0.502. The van der Waals surface area contributed by atoms with Crippen molar-refractivity contribution in [3.63, 3.8) is 0 Å². The number of carbonyl (C=O) groups excluding carboxylic acids is 1. The normalized spacial score (nSPS) is 9.78. The number of benzene rings is 2. The molecule has 2 nitrogen and oxygen atoms in total. The second kappa shape index (κ2) is 5.82. The fraction of sp³-hybridized carbons (Fsp3) is 0.0625. The van der Waals surface area contributed by atoms with Gasteiger partial charge in [-0.3, -0.25) is 4.79 Å². The molecule has 2 aromatic carbocycles. The van der Waals surface area contributed by atoms with Gasteiger partial charge in [0, 0.05) is 11.1 Å². The highest BCUT2D eigenvalue weighted by atomic mass is 16.5. The lowest BCUT2D eigenvalue weighted by Crippen LogP contribution is -1.97. The second-order valence-electron chi connectivity index (χ2n) is 3.89. The highest BCUT2D eigenvalue weighted by molar-refractivity contribution is 5.77. The van der Waals surface area contributed by atoms with Crippen LogP contribution in [-0.4, -0.2) is 6.29 Å². The van der Waals surface area contributed by atoms with E-state index in [2.05, 4.69) is 6.58 Å². The maximum Gasteiger partial charge on any atom is 0.150 e. The lowest BCUT2D eigenvalue weighted by molar-refractivity contribution is 0.112. The highest BCUT2D eigenvalue weighted by Crippen LogP contribution is 2.21. The Bertz CT molecular complexity index is 544. The summed E-state index contributed by atoms with van der Waals surface area (Å²) in [5.74, 6) is 0.736. The van der Waals surface area contributed by atoms with Gasteiger partial charge < -0.3 is 4.74 Å². The van der Waals surface area contributed by atoms with Crippen LogP contribution in [0.15, 0.2) is 55.1 Å². The molecule has 18 heavy (non-hydrogen) atoms. The van der Waals surface area contributed by atoms with Gasteiger partial charge in [0.1, 0.15) is 18.6 Å². The van der Waals surface area contributed by atoms with Crippen LogP contribution in [0.3, 0.4) is 0 Å². The molecule has 0 bridgehead atoms. The maximum atomic E-state index is 10.7. The predicted octanol–water partition coefficient (Wildman–Crippen LogP) is 3.72. The Morgan fingerprint density at radius 3 is 2.56 bits per heavy atom. The molecule has 0 N–H and O–H groups in total. The summed E-state index contributed by atoms with van der Waals surface area (Å²) < 4.78 is 5.73. The van der Waals surface area contributed by atoms with Crippen molar-refractivity contribution in [2.75, 3.05) is 0 Å². The van der Waals surface area contributed by atoms with Gasteiger partial charge in [0.05, 0.1) is 0 Å². The lowest BCUT2D eigenvalue weighted by Gasteiger charge is -2.09. The van der Waals surface area contributed by atoms with Crippen LogP contribution in [0.5, 0.6) is 5.75 Å². The largest absolute Gasteiger partial charge is 0.488 e. The molecule has 0 aliphatic heterocycles. The Hall–Kier alpha value is -2.35. The van der Waals surface area contributed by atoms with E-state index in [9.17, 15) is 4.79 Å². The molecular formula is C16H14O2. The van der Waals surface area contributed by atoms with E-state index in [0.29, 0.717) is 12.2 Å². The minimum atomic E-state index is 0.502. The Labute approximate surface area is 107 Å². The quantitative estimate of drug-likeness (QED) is 0.742. The zero-order chi connectivity index (χ0) is 12.8. The molecule has 2 aromatic rings. The van der Waals surface area contributed by atoms with Crippen LogP contribution in [0.25, 0.3) is 6.08 Å². The van der Waals surface area contributed by atoms with Gasteiger partial charge in [0.2, 0.25) is 0 Å². The number of aldehydes is 1. The average Bonchev–Trinajstić information content (AvgIpc) is 2.46. The molecule has 0 spiro atoms. The molecule has 0 aliphatic rings. The molecule has 0 unspecified atom stereocenters. The molecule has 2 heteroatoms. The molecule has 0 amide bonds. The Morgan fingerprint density at radius 1 is 1.11 bits per heavy atom. The first-order chi connectivity index (χ1) is 8.83. The third kappa shape index (κ3) is 2.86. The van der Waals surface area contributed by atoms with Crippen molar-refractivity contribution >= 4 is 12.4 Å². The first-order valence-electron chi connectivity index (χ1n) is 5.72. The van der Waals surface area contributed by atoms with E-state index in [4.69, 9.17) is 4.74 Å². The summed E-state index contributed by atoms with van der Waals surface area (Å²) in [5, 5.41) is 0. The molecule has 0 aromatic heterocycles. The molecular weight excluding hydrogens is 224 g/mol. The smallest absolute Gasteiger partial charge is 0.150 e. The van der Waals surface area contributed by atoms with Crippen molar-refractivity contribution in [1.29, 1.82) is 0 Å². The van der Waals surface area contributed by atoms with Crippen LogP contribution >= 0.6 is 0 Å². The van der Waals surface area contributed by atoms with E-state index in [-0.39, 0.29) is 0 Å². The second-order valence-corrected chi connectivity index (χ2v) is 3.89. The van der Waals surface area contributed by atoms with Crippen molar-refractivity contribution in [2.24, 2.45) is 0 Å². The standard InChI is InChI=1S/C16H14O2/c1-2-15-10-14(11-17)8-9-16(15)18-12-13-6-4-3-5-7-13/h2-11H,1,12H2. The van der Waals surface area contributed by atoms with Gasteiger partial charge in [0.15, 0.2) is 0 Å². The third-order valence-electron chi connectivity index (χ3n) is 2.63. The predicted molar refractivity (Wildman–Crippen MR) is 72.7 cm³/mol. The van der Waals surface area contributed by atoms with Crippen molar-refractivity contribution in [3.8, 4) is 5.75 Å². The zero-order valence-corrected chi connectivity index (χ0v) is 10.0. The van der Waals surface area contributed by atoms with Crippen molar-refractivity contribution in [3.05, 3.63) is 71.8 Å². The van der Waals surface area contributed by atoms with E-state index >= 15 is 0 Å². The summed E-state index contributed by atoms with van der Waals surface area (Å²) in [6, 6.07) is 15.2. The van der Waals surface area contributed by atoms with E-state index in [1.165, 1.54) is 0 Å². The number of hydrogen-bond donors (Lipinski definition) is 0. The molecule has 0 saturated heterocycles. The molecule has 0 fully saturated rings. The van der Waals surface area contributed by atoms with Gasteiger partial charge >= 0.3 is 0 Å². The van der Waals surface area contributed by atoms with Crippen molar-refractivity contribution < 1.29 is 9.53 Å². The first kappa shape index (κ1) is 12.1. The molecule has 0 saturated carbocycles. The maximum absolute atomic E-state index is 10.7. The average molecular weight is 238 g/mol. The fourth-order valence-corrected chi connectivity index (χ4v) is 1.67. The van der Waals surface area contributed by atoms with Gasteiger partial charge in [-0.2, -0.15) is 0 Å². The van der Waals surface area contributed by atoms with Gasteiger partial charge in [-0.1, -0.05) is 43.0 Å². The number of rotatable bonds is 5. The summed E-state index contributed by atoms with van der Waals surface area (Å²) in [6.45, 7) is 4.23. The van der Waals surface area contributed by atoms with Crippen LogP contribution in [0.2, 0.25) is 0 Å². The van der Waals surface area contributed by atoms with E-state index in [0.717, 1.165) is 23.2 Å². The summed E-state index contributed by atoms with van der Waals surface area (Å²) >= 11 is 0. The Balaban J connectivity index is 2.14. The summed E-state index contributed by atoms with van der Waals surface area (Å²) in [7, 11) is 0. The molecule has 0 atom stereocenters. The van der Waals surface area contributed by atoms with Gasteiger partial charge in [-0.25, -0.2) is 0 Å². The van der Waals surface area contributed by atoms with Crippen LogP contribution in [0.1, 0.15) is 21.5 Å². The van der Waals surface area contributed by atoms with Crippen LogP contribution in [-0.2, 0) is 6.61 Å². The minimum Gasteiger partial charge on any atom is -0.488 e. The monoisotopic (exact) mass is 238 g/mol. The third-order valence-corrected chi connectivity index (χ3v) is 2.63. The first-order valence-corrected chi connectivity index (χ1v) is 5.72. The summed E-state index contributed by atoms with van der Waals surface area (Å²) in [6.07, 6.45) is 2.50. The molecule has 0 heterocycles. The zero-order valence-electron chi connectivity index (χ0n) is 10.0. The van der Waals surface area contributed by atoms with Crippen LogP contribution in [0.4, 0.5) is 0 Å². The molecule has 0 radical (unpaired) electrons. The lowest BCUT2D eigenvalue weighted by atomic mass is 10.1. The van der Waals surface area contributed by atoms with E-state index < -0.39 is 0 Å². The van der Waals surface area contributed by atoms with Crippen molar-refractivity contribution in [2.45, 2.75) is 6.61 Å². The number of carbonyl (C=O) groups is 1.